The summed E-state index contributed by atoms with van der Waals surface area (Å²) in [5.41, 5.74) is 0.813. The summed E-state index contributed by atoms with van der Waals surface area (Å²) in [6.45, 7) is 1.76. The van der Waals surface area contributed by atoms with E-state index in [1.165, 1.54) is 12.8 Å². The number of hydrogen-bond donors (Lipinski definition) is 0. The summed E-state index contributed by atoms with van der Waals surface area (Å²) in [6, 6.07) is 5.60. The highest BCUT2D eigenvalue weighted by Gasteiger charge is 2.33. The standard InChI is InChI=1S/C20H23N3O4/c24-20(13-4-1-2-5-13)23-9-3-6-15(11-23)19-22-21-18(27-19)14-7-8-16-17(10-14)26-12-25-16/h7-8,10,13,15H,1-6,9,11-12H2/t15-/m0/s1. The van der Waals surface area contributed by atoms with Crippen molar-refractivity contribution in [3.8, 4) is 23.0 Å². The van der Waals surface area contributed by atoms with Crippen LogP contribution in [0.2, 0.25) is 0 Å². The van der Waals surface area contributed by atoms with Crippen LogP contribution in [0.25, 0.3) is 11.5 Å². The molecule has 1 amide bonds. The number of carbonyl (C=O) groups is 1. The quantitative estimate of drug-likeness (QED) is 0.826. The maximum Gasteiger partial charge on any atom is 0.247 e. The van der Waals surface area contributed by atoms with Gasteiger partial charge in [-0.15, -0.1) is 10.2 Å². The number of nitrogens with zero attached hydrogens (tertiary/aromatic N) is 3. The van der Waals surface area contributed by atoms with Gasteiger partial charge in [-0.25, -0.2) is 0 Å². The molecule has 0 bridgehead atoms. The minimum Gasteiger partial charge on any atom is -0.454 e. The summed E-state index contributed by atoms with van der Waals surface area (Å²) in [6.07, 6.45) is 6.37. The molecule has 2 aromatic rings. The van der Waals surface area contributed by atoms with Crippen molar-refractivity contribution in [2.75, 3.05) is 19.9 Å². The Hall–Kier alpha value is -2.57. The number of piperidine rings is 1. The molecule has 5 rings (SSSR count). The smallest absolute Gasteiger partial charge is 0.247 e. The molecule has 0 radical (unpaired) electrons. The predicted molar refractivity (Wildman–Crippen MR) is 96.4 cm³/mol. The van der Waals surface area contributed by atoms with Crippen LogP contribution in [0.15, 0.2) is 22.6 Å². The molecule has 1 saturated carbocycles. The van der Waals surface area contributed by atoms with E-state index in [9.17, 15) is 4.79 Å². The zero-order valence-corrected chi connectivity index (χ0v) is 15.2. The van der Waals surface area contributed by atoms with Gasteiger partial charge in [-0.3, -0.25) is 4.79 Å². The molecule has 1 aliphatic carbocycles. The first-order valence-corrected chi connectivity index (χ1v) is 9.80. The summed E-state index contributed by atoms with van der Waals surface area (Å²) in [5.74, 6) is 3.15. The highest BCUT2D eigenvalue weighted by molar-refractivity contribution is 5.79. The second-order valence-electron chi connectivity index (χ2n) is 7.62. The lowest BCUT2D eigenvalue weighted by Gasteiger charge is -2.32. The molecule has 7 heteroatoms. The second kappa shape index (κ2) is 6.87. The van der Waals surface area contributed by atoms with Crippen LogP contribution in [-0.2, 0) is 4.79 Å². The number of rotatable bonds is 3. The fourth-order valence-corrected chi connectivity index (χ4v) is 4.36. The van der Waals surface area contributed by atoms with Crippen LogP contribution >= 0.6 is 0 Å². The first kappa shape index (κ1) is 16.6. The molecule has 1 aromatic carbocycles. The number of ether oxygens (including phenoxy) is 2. The lowest BCUT2D eigenvalue weighted by molar-refractivity contribution is -0.136. The number of amides is 1. The van der Waals surface area contributed by atoms with Gasteiger partial charge in [-0.2, -0.15) is 0 Å². The zero-order valence-electron chi connectivity index (χ0n) is 15.2. The molecule has 1 saturated heterocycles. The van der Waals surface area contributed by atoms with Crippen molar-refractivity contribution in [1.29, 1.82) is 0 Å². The Labute approximate surface area is 157 Å². The Morgan fingerprint density at radius 1 is 1.04 bits per heavy atom. The van der Waals surface area contributed by atoms with Gasteiger partial charge in [0.05, 0.1) is 5.92 Å². The number of fused-ring (bicyclic) bond motifs is 1. The third-order valence-corrected chi connectivity index (χ3v) is 5.85. The van der Waals surface area contributed by atoms with E-state index in [0.717, 1.165) is 43.5 Å². The van der Waals surface area contributed by atoms with Gasteiger partial charge in [-0.1, -0.05) is 12.8 Å². The molecule has 27 heavy (non-hydrogen) atoms. The van der Waals surface area contributed by atoms with Crippen LogP contribution < -0.4 is 9.47 Å². The topological polar surface area (TPSA) is 77.7 Å². The van der Waals surface area contributed by atoms with Gasteiger partial charge >= 0.3 is 0 Å². The summed E-state index contributed by atoms with van der Waals surface area (Å²) in [5, 5.41) is 8.49. The Morgan fingerprint density at radius 2 is 1.89 bits per heavy atom. The highest BCUT2D eigenvalue weighted by Crippen LogP contribution is 2.36. The molecule has 7 nitrogen and oxygen atoms in total. The monoisotopic (exact) mass is 369 g/mol. The predicted octanol–water partition coefficient (Wildman–Crippen LogP) is 3.36. The van der Waals surface area contributed by atoms with Gasteiger partial charge in [0.2, 0.25) is 24.5 Å². The number of likely N-dealkylation sites (tertiary alicyclic amines) is 1. The maximum absolute atomic E-state index is 12.7. The lowest BCUT2D eigenvalue weighted by Crippen LogP contribution is -2.41. The van der Waals surface area contributed by atoms with Gasteiger partial charge in [0, 0.05) is 24.6 Å². The van der Waals surface area contributed by atoms with E-state index in [1.54, 1.807) is 0 Å². The van der Waals surface area contributed by atoms with Gasteiger partial charge in [0.25, 0.3) is 0 Å². The van der Waals surface area contributed by atoms with E-state index in [1.807, 2.05) is 23.1 Å². The van der Waals surface area contributed by atoms with Crippen molar-refractivity contribution in [2.45, 2.75) is 44.4 Å². The van der Waals surface area contributed by atoms with Crippen LogP contribution in [0, 0.1) is 5.92 Å². The van der Waals surface area contributed by atoms with E-state index in [2.05, 4.69) is 10.2 Å². The molecular weight excluding hydrogens is 346 g/mol. The molecule has 0 spiro atoms. The van der Waals surface area contributed by atoms with Crippen LogP contribution in [0.5, 0.6) is 11.5 Å². The van der Waals surface area contributed by atoms with Crippen molar-refractivity contribution in [2.24, 2.45) is 5.92 Å². The molecule has 0 unspecified atom stereocenters. The van der Waals surface area contributed by atoms with Crippen molar-refractivity contribution in [1.82, 2.24) is 15.1 Å². The number of aromatic nitrogens is 2. The third kappa shape index (κ3) is 3.15. The normalized spacial score (nSPS) is 22.4. The fraction of sp³-hybridized carbons (Fsp3) is 0.550. The fourth-order valence-electron chi connectivity index (χ4n) is 4.36. The van der Waals surface area contributed by atoms with Crippen LogP contribution in [0.1, 0.15) is 50.3 Å². The molecule has 3 heterocycles. The average molecular weight is 369 g/mol. The Morgan fingerprint density at radius 3 is 2.78 bits per heavy atom. The van der Waals surface area contributed by atoms with Gasteiger partial charge in [0.15, 0.2) is 11.5 Å². The van der Waals surface area contributed by atoms with Crippen molar-refractivity contribution >= 4 is 5.91 Å². The largest absolute Gasteiger partial charge is 0.454 e. The van der Waals surface area contributed by atoms with E-state index < -0.39 is 0 Å². The lowest BCUT2D eigenvalue weighted by atomic mass is 9.96. The highest BCUT2D eigenvalue weighted by atomic mass is 16.7. The van der Waals surface area contributed by atoms with Gasteiger partial charge in [0.1, 0.15) is 0 Å². The molecule has 142 valence electrons. The van der Waals surface area contributed by atoms with E-state index in [4.69, 9.17) is 13.9 Å². The Balaban J connectivity index is 1.31. The SMILES string of the molecule is O=C(C1CCCC1)N1CCC[C@H](c2nnc(-c3ccc4c(c3)OCO4)o2)C1. The van der Waals surface area contributed by atoms with E-state index in [0.29, 0.717) is 30.0 Å². The second-order valence-corrected chi connectivity index (χ2v) is 7.62. The van der Waals surface area contributed by atoms with E-state index in [-0.39, 0.29) is 18.6 Å². The van der Waals surface area contributed by atoms with Crippen molar-refractivity contribution in [3.05, 3.63) is 24.1 Å². The molecule has 3 aliphatic rings. The minimum atomic E-state index is 0.111. The molecule has 2 fully saturated rings. The van der Waals surface area contributed by atoms with Crippen LogP contribution in [0.3, 0.4) is 0 Å². The third-order valence-electron chi connectivity index (χ3n) is 5.85. The Bertz CT molecular complexity index is 844. The molecule has 1 atom stereocenters. The van der Waals surface area contributed by atoms with Crippen LogP contribution in [-0.4, -0.2) is 40.9 Å². The number of hydrogen-bond acceptors (Lipinski definition) is 6. The molecule has 1 aromatic heterocycles. The first-order valence-electron chi connectivity index (χ1n) is 9.80. The summed E-state index contributed by atoms with van der Waals surface area (Å²) < 4.78 is 16.7. The van der Waals surface area contributed by atoms with Crippen molar-refractivity contribution < 1.29 is 18.7 Å². The Kier molecular flexibility index (Phi) is 4.22. The van der Waals surface area contributed by atoms with Gasteiger partial charge < -0.3 is 18.8 Å². The number of benzene rings is 1. The number of carbonyl (C=O) groups excluding carboxylic acids is 1. The van der Waals surface area contributed by atoms with Crippen molar-refractivity contribution in [3.63, 3.8) is 0 Å². The first-order chi connectivity index (χ1) is 13.3. The van der Waals surface area contributed by atoms with Crippen LogP contribution in [0.4, 0.5) is 0 Å². The maximum atomic E-state index is 12.7. The summed E-state index contributed by atoms with van der Waals surface area (Å²) in [7, 11) is 0. The molecular formula is C20H23N3O4. The minimum absolute atomic E-state index is 0.111. The summed E-state index contributed by atoms with van der Waals surface area (Å²) >= 11 is 0. The summed E-state index contributed by atoms with van der Waals surface area (Å²) in [4.78, 5) is 14.8. The average Bonchev–Trinajstić information content (AvgIpc) is 3.48. The van der Waals surface area contributed by atoms with Gasteiger partial charge in [-0.05, 0) is 43.9 Å². The molecule has 0 N–H and O–H groups in total. The molecule has 2 aliphatic heterocycles. The zero-order chi connectivity index (χ0) is 18.2. The van der Waals surface area contributed by atoms with E-state index >= 15 is 0 Å².